The SMILES string of the molecule is COc1ccccc1[C@H]1C[C@@H](C)CCN1C(=O)[C@@H]1CCCN1C(C)=O. The van der Waals surface area contributed by atoms with Crippen molar-refractivity contribution in [2.24, 2.45) is 5.92 Å². The fraction of sp³-hybridized carbons (Fsp3) is 0.600. The molecule has 1 aromatic carbocycles. The molecule has 2 amide bonds. The van der Waals surface area contributed by atoms with Crippen LogP contribution in [0.5, 0.6) is 5.75 Å². The number of methoxy groups -OCH3 is 1. The Morgan fingerprint density at radius 2 is 1.88 bits per heavy atom. The zero-order valence-corrected chi connectivity index (χ0v) is 15.4. The highest BCUT2D eigenvalue weighted by molar-refractivity contribution is 5.88. The van der Waals surface area contributed by atoms with Crippen LogP contribution in [-0.2, 0) is 9.59 Å². The first kappa shape index (κ1) is 17.8. The van der Waals surface area contributed by atoms with Crippen molar-refractivity contribution >= 4 is 11.8 Å². The minimum atomic E-state index is -0.303. The first-order valence-corrected chi connectivity index (χ1v) is 9.23. The Morgan fingerprint density at radius 1 is 1.12 bits per heavy atom. The van der Waals surface area contributed by atoms with Gasteiger partial charge in [0.15, 0.2) is 0 Å². The van der Waals surface area contributed by atoms with Gasteiger partial charge in [0.1, 0.15) is 11.8 Å². The molecule has 2 heterocycles. The fourth-order valence-corrected chi connectivity index (χ4v) is 4.23. The van der Waals surface area contributed by atoms with Crippen molar-refractivity contribution in [2.45, 2.75) is 51.6 Å². The lowest BCUT2D eigenvalue weighted by Crippen LogP contribution is -2.50. The molecule has 0 aliphatic carbocycles. The number of carbonyl (C=O) groups is 2. The summed E-state index contributed by atoms with van der Waals surface area (Å²) in [6.07, 6.45) is 3.60. The molecule has 0 bridgehead atoms. The van der Waals surface area contributed by atoms with Gasteiger partial charge in [0.25, 0.3) is 0 Å². The number of amides is 2. The van der Waals surface area contributed by atoms with Crippen molar-refractivity contribution in [1.29, 1.82) is 0 Å². The van der Waals surface area contributed by atoms with Crippen LogP contribution in [0.3, 0.4) is 0 Å². The van der Waals surface area contributed by atoms with Crippen LogP contribution in [0.4, 0.5) is 0 Å². The second kappa shape index (κ2) is 7.46. The summed E-state index contributed by atoms with van der Waals surface area (Å²) in [5, 5.41) is 0. The number of hydrogen-bond donors (Lipinski definition) is 0. The Balaban J connectivity index is 1.90. The molecule has 2 saturated heterocycles. The first-order valence-electron chi connectivity index (χ1n) is 9.23. The molecule has 25 heavy (non-hydrogen) atoms. The molecule has 2 aliphatic heterocycles. The minimum absolute atomic E-state index is 0.00457. The second-order valence-corrected chi connectivity index (χ2v) is 7.29. The molecular weight excluding hydrogens is 316 g/mol. The Labute approximate surface area is 149 Å². The largest absolute Gasteiger partial charge is 0.496 e. The van der Waals surface area contributed by atoms with E-state index in [1.807, 2.05) is 23.1 Å². The number of rotatable bonds is 3. The van der Waals surface area contributed by atoms with Crippen molar-refractivity contribution in [1.82, 2.24) is 9.80 Å². The topological polar surface area (TPSA) is 49.9 Å². The van der Waals surface area contributed by atoms with E-state index in [9.17, 15) is 9.59 Å². The molecule has 0 N–H and O–H groups in total. The van der Waals surface area contributed by atoms with Crippen LogP contribution in [0, 0.1) is 5.92 Å². The molecule has 2 aliphatic rings. The number of nitrogens with zero attached hydrogens (tertiary/aromatic N) is 2. The van der Waals surface area contributed by atoms with Crippen LogP contribution in [0.25, 0.3) is 0 Å². The van der Waals surface area contributed by atoms with Crippen molar-refractivity contribution in [2.75, 3.05) is 20.2 Å². The average molecular weight is 344 g/mol. The monoisotopic (exact) mass is 344 g/mol. The molecule has 0 saturated carbocycles. The number of para-hydroxylation sites is 1. The Bertz CT molecular complexity index is 646. The van der Waals surface area contributed by atoms with Crippen LogP contribution < -0.4 is 4.74 Å². The van der Waals surface area contributed by atoms with Crippen molar-refractivity contribution in [3.05, 3.63) is 29.8 Å². The normalized spacial score (nSPS) is 26.6. The van der Waals surface area contributed by atoms with Gasteiger partial charge in [0.05, 0.1) is 13.2 Å². The number of ether oxygens (including phenoxy) is 1. The van der Waals surface area contributed by atoms with Gasteiger partial charge >= 0.3 is 0 Å². The van der Waals surface area contributed by atoms with Crippen molar-refractivity contribution in [3.8, 4) is 5.75 Å². The van der Waals surface area contributed by atoms with E-state index in [-0.39, 0.29) is 23.9 Å². The third kappa shape index (κ3) is 3.51. The van der Waals surface area contributed by atoms with E-state index in [4.69, 9.17) is 4.74 Å². The smallest absolute Gasteiger partial charge is 0.245 e. The van der Waals surface area contributed by atoms with E-state index < -0.39 is 0 Å². The number of piperidine rings is 1. The van der Waals surface area contributed by atoms with E-state index in [0.29, 0.717) is 12.5 Å². The summed E-state index contributed by atoms with van der Waals surface area (Å²) in [5.41, 5.74) is 1.07. The molecule has 0 aromatic heterocycles. The first-order chi connectivity index (χ1) is 12.0. The van der Waals surface area contributed by atoms with Gasteiger partial charge in [0.2, 0.25) is 11.8 Å². The van der Waals surface area contributed by atoms with Gasteiger partial charge in [-0.25, -0.2) is 0 Å². The third-order valence-corrected chi connectivity index (χ3v) is 5.59. The molecule has 0 radical (unpaired) electrons. The van der Waals surface area contributed by atoms with Gasteiger partial charge in [-0.15, -0.1) is 0 Å². The summed E-state index contributed by atoms with van der Waals surface area (Å²) in [6, 6.07) is 7.67. The highest BCUT2D eigenvalue weighted by Gasteiger charge is 2.40. The summed E-state index contributed by atoms with van der Waals surface area (Å²) < 4.78 is 5.54. The van der Waals surface area contributed by atoms with E-state index in [1.165, 1.54) is 0 Å². The lowest BCUT2D eigenvalue weighted by Gasteiger charge is -2.41. The highest BCUT2D eigenvalue weighted by atomic mass is 16.5. The van der Waals surface area contributed by atoms with Gasteiger partial charge in [-0.3, -0.25) is 9.59 Å². The Morgan fingerprint density at radius 3 is 2.60 bits per heavy atom. The highest BCUT2D eigenvalue weighted by Crippen LogP contribution is 2.39. The predicted octanol–water partition coefficient (Wildman–Crippen LogP) is 3.01. The third-order valence-electron chi connectivity index (χ3n) is 5.59. The van der Waals surface area contributed by atoms with Gasteiger partial charge < -0.3 is 14.5 Å². The number of hydrogen-bond acceptors (Lipinski definition) is 3. The molecule has 5 nitrogen and oxygen atoms in total. The number of likely N-dealkylation sites (tertiary alicyclic amines) is 2. The maximum atomic E-state index is 13.3. The molecule has 5 heteroatoms. The van der Waals surface area contributed by atoms with E-state index in [1.54, 1.807) is 18.9 Å². The van der Waals surface area contributed by atoms with Crippen LogP contribution in [-0.4, -0.2) is 47.9 Å². The molecule has 2 fully saturated rings. The minimum Gasteiger partial charge on any atom is -0.496 e. The van der Waals surface area contributed by atoms with Crippen LogP contribution in [0.1, 0.15) is 51.1 Å². The summed E-state index contributed by atoms with van der Waals surface area (Å²) in [5.74, 6) is 1.48. The maximum absolute atomic E-state index is 13.3. The molecule has 3 rings (SSSR count). The fourth-order valence-electron chi connectivity index (χ4n) is 4.23. The van der Waals surface area contributed by atoms with Gasteiger partial charge in [0, 0.05) is 25.6 Å². The molecule has 136 valence electrons. The Hall–Kier alpha value is -2.04. The van der Waals surface area contributed by atoms with Crippen LogP contribution in [0.2, 0.25) is 0 Å². The lowest BCUT2D eigenvalue weighted by atomic mass is 9.87. The quantitative estimate of drug-likeness (QED) is 0.847. The summed E-state index contributed by atoms with van der Waals surface area (Å²) in [4.78, 5) is 28.9. The van der Waals surface area contributed by atoms with Crippen molar-refractivity contribution < 1.29 is 14.3 Å². The van der Waals surface area contributed by atoms with Gasteiger partial charge in [-0.1, -0.05) is 25.1 Å². The zero-order valence-electron chi connectivity index (χ0n) is 15.4. The van der Waals surface area contributed by atoms with E-state index >= 15 is 0 Å². The number of benzene rings is 1. The second-order valence-electron chi connectivity index (χ2n) is 7.29. The average Bonchev–Trinajstić information content (AvgIpc) is 3.11. The van der Waals surface area contributed by atoms with Crippen LogP contribution in [0.15, 0.2) is 24.3 Å². The summed E-state index contributed by atoms with van der Waals surface area (Å²) in [7, 11) is 1.67. The summed E-state index contributed by atoms with van der Waals surface area (Å²) in [6.45, 7) is 5.23. The van der Waals surface area contributed by atoms with Gasteiger partial charge in [-0.2, -0.15) is 0 Å². The van der Waals surface area contributed by atoms with Crippen molar-refractivity contribution in [3.63, 3.8) is 0 Å². The molecule has 0 unspecified atom stereocenters. The van der Waals surface area contributed by atoms with E-state index in [2.05, 4.69) is 13.0 Å². The summed E-state index contributed by atoms with van der Waals surface area (Å²) >= 11 is 0. The van der Waals surface area contributed by atoms with Crippen LogP contribution >= 0.6 is 0 Å². The number of carbonyl (C=O) groups excluding carboxylic acids is 2. The molecule has 0 spiro atoms. The lowest BCUT2D eigenvalue weighted by molar-refractivity contribution is -0.146. The maximum Gasteiger partial charge on any atom is 0.245 e. The molecule has 1 aromatic rings. The van der Waals surface area contributed by atoms with Gasteiger partial charge in [-0.05, 0) is 37.7 Å². The predicted molar refractivity (Wildman–Crippen MR) is 96.3 cm³/mol. The standard InChI is InChI=1S/C20H28N2O3/c1-14-10-12-22(20(24)17-8-6-11-21(17)15(2)23)18(13-14)16-7-4-5-9-19(16)25-3/h4-5,7,9,14,17-18H,6,8,10-13H2,1-3H3/t14-,17-,18+/m0/s1. The molecule has 3 atom stereocenters. The molecular formula is C20H28N2O3. The van der Waals surface area contributed by atoms with E-state index in [0.717, 1.165) is 43.5 Å². The Kier molecular flexibility index (Phi) is 5.30. The zero-order chi connectivity index (χ0) is 18.0.